The molecule has 0 radical (unpaired) electrons. The number of nitrogens with one attached hydrogen (secondary N) is 2. The second kappa shape index (κ2) is 8.50. The highest BCUT2D eigenvalue weighted by Crippen LogP contribution is 2.23. The molecule has 0 atom stereocenters. The van der Waals surface area contributed by atoms with E-state index in [2.05, 4.69) is 10.3 Å². The Balaban J connectivity index is 1.38. The van der Waals surface area contributed by atoms with Gasteiger partial charge in [0.2, 0.25) is 9.84 Å². The zero-order valence-electron chi connectivity index (χ0n) is 16.7. The molecule has 1 amide bonds. The summed E-state index contributed by atoms with van der Waals surface area (Å²) in [5.41, 5.74) is 1.75. The van der Waals surface area contributed by atoms with E-state index in [1.807, 2.05) is 18.2 Å². The maximum atomic E-state index is 12.7. The Kier molecular flexibility index (Phi) is 5.77. The van der Waals surface area contributed by atoms with Gasteiger partial charge in [-0.05, 0) is 37.1 Å². The van der Waals surface area contributed by atoms with E-state index in [1.165, 1.54) is 12.1 Å². The summed E-state index contributed by atoms with van der Waals surface area (Å²) in [5.74, 6) is -1.06. The lowest BCUT2D eigenvalue weighted by Crippen LogP contribution is -2.45. The SMILES string of the molecule is O=C(C(=O)N1CCC(Nc2cccc(S(=O)(=O)CF)c2)CC1)c1c[nH]c2ccccc12. The third-order valence-electron chi connectivity index (χ3n) is 5.52. The molecule has 2 aromatic carbocycles. The summed E-state index contributed by atoms with van der Waals surface area (Å²) in [4.78, 5) is 30.0. The number of hydrogen-bond donors (Lipinski definition) is 2. The molecule has 0 spiro atoms. The molecule has 1 aliphatic rings. The number of Topliss-reactive ketones (excluding diaryl/α,β-unsaturated/α-hetero) is 1. The smallest absolute Gasteiger partial charge is 0.295 e. The van der Waals surface area contributed by atoms with Gasteiger partial charge in [0, 0.05) is 41.9 Å². The van der Waals surface area contributed by atoms with Crippen LogP contribution in [0.4, 0.5) is 10.1 Å². The zero-order chi connectivity index (χ0) is 22.0. The van der Waals surface area contributed by atoms with Crippen molar-refractivity contribution in [1.29, 1.82) is 0 Å². The second-order valence-electron chi connectivity index (χ2n) is 7.54. The second-order valence-corrected chi connectivity index (χ2v) is 9.46. The lowest BCUT2D eigenvalue weighted by atomic mass is 10.0. The first-order valence-corrected chi connectivity index (χ1v) is 11.6. The first kappa shape index (κ1) is 21.0. The number of para-hydroxylation sites is 1. The van der Waals surface area contributed by atoms with Gasteiger partial charge in [0.15, 0.2) is 6.01 Å². The minimum Gasteiger partial charge on any atom is -0.382 e. The number of anilines is 1. The molecule has 1 aromatic heterocycles. The lowest BCUT2D eigenvalue weighted by Gasteiger charge is -2.32. The number of rotatable bonds is 6. The highest BCUT2D eigenvalue weighted by Gasteiger charge is 2.29. The van der Waals surface area contributed by atoms with Crippen LogP contribution in [0.3, 0.4) is 0 Å². The predicted molar refractivity (Wildman–Crippen MR) is 115 cm³/mol. The molecule has 4 rings (SSSR count). The number of carbonyl (C=O) groups is 2. The van der Waals surface area contributed by atoms with E-state index >= 15 is 0 Å². The van der Waals surface area contributed by atoms with Gasteiger partial charge in [-0.2, -0.15) is 0 Å². The molecule has 0 bridgehead atoms. The molecule has 2 heterocycles. The number of fused-ring (bicyclic) bond motifs is 1. The Morgan fingerprint density at radius 1 is 1.10 bits per heavy atom. The Morgan fingerprint density at radius 3 is 2.58 bits per heavy atom. The molecule has 1 fully saturated rings. The fourth-order valence-electron chi connectivity index (χ4n) is 3.82. The van der Waals surface area contributed by atoms with Crippen LogP contribution in [-0.2, 0) is 14.6 Å². The summed E-state index contributed by atoms with van der Waals surface area (Å²) >= 11 is 0. The molecular formula is C22H22FN3O4S. The minimum atomic E-state index is -3.93. The van der Waals surface area contributed by atoms with E-state index in [0.717, 1.165) is 10.9 Å². The molecule has 162 valence electrons. The Bertz CT molecular complexity index is 1230. The Morgan fingerprint density at radius 2 is 1.84 bits per heavy atom. The van der Waals surface area contributed by atoms with Crippen LogP contribution in [0.25, 0.3) is 10.9 Å². The first-order chi connectivity index (χ1) is 14.9. The number of sulfone groups is 1. The van der Waals surface area contributed by atoms with Crippen molar-refractivity contribution >= 4 is 38.1 Å². The van der Waals surface area contributed by atoms with E-state index in [1.54, 1.807) is 29.3 Å². The predicted octanol–water partition coefficient (Wildman–Crippen LogP) is 3.15. The number of piperidine rings is 1. The number of halogens is 1. The molecular weight excluding hydrogens is 421 g/mol. The molecule has 7 nitrogen and oxygen atoms in total. The van der Waals surface area contributed by atoms with Crippen molar-refractivity contribution in [2.24, 2.45) is 0 Å². The number of nitrogens with zero attached hydrogens (tertiary/aromatic N) is 1. The standard InChI is InChI=1S/C22H22FN3O4S/c23-14-31(29,30)17-5-3-4-16(12-17)25-15-8-10-26(11-9-15)22(28)21(27)19-13-24-20-7-2-1-6-18(19)20/h1-7,12-13,15,24-25H,8-11,14H2. The molecule has 31 heavy (non-hydrogen) atoms. The van der Waals surface area contributed by atoms with E-state index in [4.69, 9.17) is 0 Å². The molecule has 1 aliphatic heterocycles. The van der Waals surface area contributed by atoms with Crippen molar-refractivity contribution < 1.29 is 22.4 Å². The Labute approximate surface area is 179 Å². The first-order valence-electron chi connectivity index (χ1n) is 9.94. The summed E-state index contributed by atoms with van der Waals surface area (Å²) < 4.78 is 36.2. The zero-order valence-corrected chi connectivity index (χ0v) is 17.5. The van der Waals surface area contributed by atoms with Crippen LogP contribution in [0.2, 0.25) is 0 Å². The molecule has 0 unspecified atom stereocenters. The molecule has 2 N–H and O–H groups in total. The third kappa shape index (κ3) is 4.32. The van der Waals surface area contributed by atoms with Crippen LogP contribution >= 0.6 is 0 Å². The summed E-state index contributed by atoms with van der Waals surface area (Å²) in [7, 11) is -3.93. The van der Waals surface area contributed by atoms with Crippen LogP contribution in [0.1, 0.15) is 23.2 Å². The van der Waals surface area contributed by atoms with Crippen molar-refractivity contribution in [2.45, 2.75) is 23.8 Å². The van der Waals surface area contributed by atoms with Gasteiger partial charge in [0.05, 0.1) is 10.5 Å². The summed E-state index contributed by atoms with van der Waals surface area (Å²) in [6.45, 7) is 0.820. The van der Waals surface area contributed by atoms with Crippen LogP contribution in [0.15, 0.2) is 59.6 Å². The van der Waals surface area contributed by atoms with Gasteiger partial charge in [-0.25, -0.2) is 12.8 Å². The number of likely N-dealkylation sites (tertiary alicyclic amines) is 1. The van der Waals surface area contributed by atoms with E-state index < -0.39 is 27.5 Å². The highest BCUT2D eigenvalue weighted by atomic mass is 32.2. The fraction of sp³-hybridized carbons (Fsp3) is 0.273. The minimum absolute atomic E-state index is 0.00979. The number of alkyl halides is 1. The summed E-state index contributed by atoms with van der Waals surface area (Å²) in [6.07, 6.45) is 2.78. The van der Waals surface area contributed by atoms with Gasteiger partial charge in [-0.3, -0.25) is 9.59 Å². The summed E-state index contributed by atoms with van der Waals surface area (Å²) in [6, 6.07) is 11.9. The number of aromatic nitrogens is 1. The van der Waals surface area contributed by atoms with Crippen molar-refractivity contribution in [3.63, 3.8) is 0 Å². The van der Waals surface area contributed by atoms with Gasteiger partial charge in [-0.15, -0.1) is 0 Å². The van der Waals surface area contributed by atoms with Gasteiger partial charge >= 0.3 is 0 Å². The van der Waals surface area contributed by atoms with Gasteiger partial charge in [0.25, 0.3) is 11.7 Å². The summed E-state index contributed by atoms with van der Waals surface area (Å²) in [5, 5.41) is 3.97. The lowest BCUT2D eigenvalue weighted by molar-refractivity contribution is -0.127. The van der Waals surface area contributed by atoms with Crippen molar-refractivity contribution in [2.75, 3.05) is 24.4 Å². The average molecular weight is 444 g/mol. The number of benzene rings is 2. The molecule has 9 heteroatoms. The topological polar surface area (TPSA) is 99.3 Å². The molecule has 1 saturated heterocycles. The third-order valence-corrected chi connectivity index (χ3v) is 6.78. The molecule has 0 aliphatic carbocycles. The normalized spacial score (nSPS) is 15.2. The van der Waals surface area contributed by atoms with Crippen molar-refractivity contribution in [3.8, 4) is 0 Å². The maximum Gasteiger partial charge on any atom is 0.295 e. The van der Waals surface area contributed by atoms with Crippen LogP contribution in [-0.4, -0.2) is 55.1 Å². The van der Waals surface area contributed by atoms with Crippen LogP contribution < -0.4 is 5.32 Å². The number of amides is 1. The monoisotopic (exact) mass is 443 g/mol. The fourth-order valence-corrected chi connectivity index (χ4v) is 4.54. The van der Waals surface area contributed by atoms with Crippen LogP contribution in [0.5, 0.6) is 0 Å². The largest absolute Gasteiger partial charge is 0.382 e. The van der Waals surface area contributed by atoms with Crippen molar-refractivity contribution in [1.82, 2.24) is 9.88 Å². The van der Waals surface area contributed by atoms with Gasteiger partial charge < -0.3 is 15.2 Å². The number of hydrogen-bond acceptors (Lipinski definition) is 5. The Hall–Kier alpha value is -3.20. The number of aromatic amines is 1. The van der Waals surface area contributed by atoms with E-state index in [9.17, 15) is 22.4 Å². The number of H-pyrrole nitrogens is 1. The van der Waals surface area contributed by atoms with E-state index in [-0.39, 0.29) is 10.9 Å². The van der Waals surface area contributed by atoms with Gasteiger partial charge in [-0.1, -0.05) is 24.3 Å². The highest BCUT2D eigenvalue weighted by molar-refractivity contribution is 7.91. The van der Waals surface area contributed by atoms with Gasteiger partial charge in [0.1, 0.15) is 0 Å². The van der Waals surface area contributed by atoms with E-state index in [0.29, 0.717) is 37.2 Å². The van der Waals surface area contributed by atoms with Crippen molar-refractivity contribution in [3.05, 3.63) is 60.3 Å². The quantitative estimate of drug-likeness (QED) is 0.450. The molecule has 3 aromatic rings. The molecule has 0 saturated carbocycles. The number of ketones is 1. The number of carbonyl (C=O) groups excluding carboxylic acids is 2. The van der Waals surface area contributed by atoms with Crippen LogP contribution in [0, 0.1) is 0 Å². The maximum absolute atomic E-state index is 12.7. The average Bonchev–Trinajstić information content (AvgIpc) is 3.23.